The van der Waals surface area contributed by atoms with E-state index >= 15 is 0 Å². The van der Waals surface area contributed by atoms with Crippen LogP contribution in [0.15, 0.2) is 54.6 Å². The first-order valence-corrected chi connectivity index (χ1v) is 10.0. The van der Waals surface area contributed by atoms with Gasteiger partial charge in [-0.15, -0.1) is 0 Å². The minimum absolute atomic E-state index is 0.0504. The quantitative estimate of drug-likeness (QED) is 0.868. The van der Waals surface area contributed by atoms with Gasteiger partial charge in [-0.2, -0.15) is 4.31 Å². The minimum Gasteiger partial charge on any atom is -0.353 e. The SMILES string of the molecule is O=C1NCCN(S(=O)(=O)CCc2ccccc2)C1c1ccccc1Cl. The zero-order valence-corrected chi connectivity index (χ0v) is 15.1. The molecule has 1 N–H and O–H groups in total. The maximum atomic E-state index is 12.9. The topological polar surface area (TPSA) is 66.5 Å². The van der Waals surface area contributed by atoms with Gasteiger partial charge in [-0.1, -0.05) is 60.1 Å². The van der Waals surface area contributed by atoms with Crippen molar-refractivity contribution in [3.8, 4) is 0 Å². The maximum absolute atomic E-state index is 12.9. The van der Waals surface area contributed by atoms with Crippen LogP contribution in [-0.4, -0.2) is 37.5 Å². The molecule has 1 atom stereocenters. The molecule has 0 saturated carbocycles. The van der Waals surface area contributed by atoms with Crippen LogP contribution >= 0.6 is 11.6 Å². The molecule has 1 amide bonds. The summed E-state index contributed by atoms with van der Waals surface area (Å²) in [5, 5.41) is 3.11. The summed E-state index contributed by atoms with van der Waals surface area (Å²) >= 11 is 6.21. The van der Waals surface area contributed by atoms with Crippen LogP contribution in [0, 0.1) is 0 Å². The van der Waals surface area contributed by atoms with Crippen molar-refractivity contribution in [2.75, 3.05) is 18.8 Å². The summed E-state index contributed by atoms with van der Waals surface area (Å²) in [5.74, 6) is -0.395. The van der Waals surface area contributed by atoms with Crippen molar-refractivity contribution in [2.45, 2.75) is 12.5 Å². The number of sulfonamides is 1. The number of carbonyl (C=O) groups is 1. The summed E-state index contributed by atoms with van der Waals surface area (Å²) in [6.07, 6.45) is 0.399. The van der Waals surface area contributed by atoms with Gasteiger partial charge in [0.1, 0.15) is 6.04 Å². The molecule has 5 nitrogen and oxygen atoms in total. The first-order chi connectivity index (χ1) is 12.0. The van der Waals surface area contributed by atoms with E-state index in [1.165, 1.54) is 4.31 Å². The number of nitrogens with zero attached hydrogens (tertiary/aromatic N) is 1. The zero-order chi connectivity index (χ0) is 17.9. The predicted molar refractivity (Wildman–Crippen MR) is 97.8 cm³/mol. The second-order valence-electron chi connectivity index (χ2n) is 5.88. The maximum Gasteiger partial charge on any atom is 0.243 e. The number of aryl methyl sites for hydroxylation is 1. The van der Waals surface area contributed by atoms with Crippen LogP contribution in [0.4, 0.5) is 0 Å². The number of hydrogen-bond acceptors (Lipinski definition) is 3. The van der Waals surface area contributed by atoms with Crippen molar-refractivity contribution in [3.63, 3.8) is 0 Å². The van der Waals surface area contributed by atoms with E-state index in [0.29, 0.717) is 23.6 Å². The molecule has 0 radical (unpaired) electrons. The van der Waals surface area contributed by atoms with E-state index in [4.69, 9.17) is 11.6 Å². The lowest BCUT2D eigenvalue weighted by Gasteiger charge is -2.34. The molecule has 0 spiro atoms. The summed E-state index contributed by atoms with van der Waals surface area (Å²) in [4.78, 5) is 12.4. The number of carbonyl (C=O) groups excluding carboxylic acids is 1. The summed E-state index contributed by atoms with van der Waals surface area (Å²) in [5.41, 5.74) is 1.45. The molecular weight excluding hydrogens is 360 g/mol. The van der Waals surface area contributed by atoms with Crippen LogP contribution in [0.25, 0.3) is 0 Å². The number of hydrogen-bond donors (Lipinski definition) is 1. The van der Waals surface area contributed by atoms with Gasteiger partial charge in [0, 0.05) is 18.1 Å². The standard InChI is InChI=1S/C18H19ClN2O3S/c19-16-9-5-4-8-15(16)17-18(22)20-11-12-21(17)25(23,24)13-10-14-6-2-1-3-7-14/h1-9,17H,10-13H2,(H,20,22). The van der Waals surface area contributed by atoms with Crippen molar-refractivity contribution in [1.82, 2.24) is 9.62 Å². The fraction of sp³-hybridized carbons (Fsp3) is 0.278. The Balaban J connectivity index is 1.87. The largest absolute Gasteiger partial charge is 0.353 e. The molecule has 1 aliphatic heterocycles. The normalized spacial score (nSPS) is 18.8. The van der Waals surface area contributed by atoms with E-state index in [-0.39, 0.29) is 18.2 Å². The van der Waals surface area contributed by atoms with E-state index in [1.54, 1.807) is 24.3 Å². The molecule has 0 aromatic heterocycles. The molecule has 1 fully saturated rings. The number of benzene rings is 2. The van der Waals surface area contributed by atoms with Crippen LogP contribution in [-0.2, 0) is 21.2 Å². The number of halogens is 1. The average Bonchev–Trinajstić information content (AvgIpc) is 2.62. The third-order valence-corrected chi connectivity index (χ3v) is 6.39. The Morgan fingerprint density at radius 3 is 2.48 bits per heavy atom. The van der Waals surface area contributed by atoms with Gasteiger partial charge in [-0.05, 0) is 23.6 Å². The highest BCUT2D eigenvalue weighted by Crippen LogP contribution is 2.31. The van der Waals surface area contributed by atoms with Gasteiger partial charge < -0.3 is 5.32 Å². The van der Waals surface area contributed by atoms with E-state index in [1.807, 2.05) is 30.3 Å². The second-order valence-corrected chi connectivity index (χ2v) is 8.33. The Morgan fingerprint density at radius 1 is 1.08 bits per heavy atom. The van der Waals surface area contributed by atoms with E-state index < -0.39 is 16.1 Å². The van der Waals surface area contributed by atoms with E-state index in [2.05, 4.69) is 5.32 Å². The van der Waals surface area contributed by atoms with E-state index in [9.17, 15) is 13.2 Å². The molecule has 1 heterocycles. The van der Waals surface area contributed by atoms with Crippen molar-refractivity contribution < 1.29 is 13.2 Å². The molecule has 25 heavy (non-hydrogen) atoms. The lowest BCUT2D eigenvalue weighted by atomic mass is 10.0. The molecule has 2 aromatic rings. The molecule has 1 aliphatic rings. The van der Waals surface area contributed by atoms with Crippen molar-refractivity contribution in [1.29, 1.82) is 0 Å². The molecule has 1 unspecified atom stereocenters. The summed E-state index contributed by atoms with van der Waals surface area (Å²) in [6.45, 7) is 0.531. The number of nitrogens with one attached hydrogen (secondary N) is 1. The van der Waals surface area contributed by atoms with Crippen molar-refractivity contribution >= 4 is 27.5 Å². The Kier molecular flexibility index (Phi) is 5.42. The fourth-order valence-corrected chi connectivity index (χ4v) is 4.81. The number of amides is 1. The Labute approximate surface area is 152 Å². The fourth-order valence-electron chi connectivity index (χ4n) is 2.95. The van der Waals surface area contributed by atoms with Crippen molar-refractivity contribution in [3.05, 3.63) is 70.7 Å². The summed E-state index contributed by atoms with van der Waals surface area (Å²) < 4.78 is 27.1. The van der Waals surface area contributed by atoms with Gasteiger partial charge in [0.05, 0.1) is 5.75 Å². The van der Waals surface area contributed by atoms with Crippen LogP contribution < -0.4 is 5.32 Å². The van der Waals surface area contributed by atoms with Crippen LogP contribution in [0.5, 0.6) is 0 Å². The number of rotatable bonds is 5. The first kappa shape index (κ1) is 17.9. The van der Waals surface area contributed by atoms with Gasteiger partial charge >= 0.3 is 0 Å². The highest BCUT2D eigenvalue weighted by Gasteiger charge is 2.39. The monoisotopic (exact) mass is 378 g/mol. The lowest BCUT2D eigenvalue weighted by Crippen LogP contribution is -2.52. The van der Waals surface area contributed by atoms with Gasteiger partial charge in [-0.3, -0.25) is 4.79 Å². The number of piperazine rings is 1. The summed E-state index contributed by atoms with van der Waals surface area (Å²) in [6, 6.07) is 15.4. The van der Waals surface area contributed by atoms with Gasteiger partial charge in [-0.25, -0.2) is 8.42 Å². The average molecular weight is 379 g/mol. The first-order valence-electron chi connectivity index (χ1n) is 8.04. The third-order valence-electron chi connectivity index (χ3n) is 4.22. The van der Waals surface area contributed by atoms with E-state index in [0.717, 1.165) is 5.56 Å². The Morgan fingerprint density at radius 2 is 1.76 bits per heavy atom. The van der Waals surface area contributed by atoms with Gasteiger partial charge in [0.15, 0.2) is 0 Å². The Hall–Kier alpha value is -1.89. The van der Waals surface area contributed by atoms with Crippen LogP contribution in [0.1, 0.15) is 17.2 Å². The molecule has 3 rings (SSSR count). The predicted octanol–water partition coefficient (Wildman–Crippen LogP) is 2.39. The highest BCUT2D eigenvalue weighted by atomic mass is 35.5. The third kappa shape index (κ3) is 4.03. The second kappa shape index (κ2) is 7.56. The van der Waals surface area contributed by atoms with Gasteiger partial charge in [0.2, 0.25) is 15.9 Å². The molecule has 7 heteroatoms. The Bertz CT molecular complexity index is 856. The molecular formula is C18H19ClN2O3S. The molecule has 2 aromatic carbocycles. The minimum atomic E-state index is -3.61. The summed E-state index contributed by atoms with van der Waals surface area (Å²) in [7, 11) is -3.61. The molecule has 1 saturated heterocycles. The van der Waals surface area contributed by atoms with Gasteiger partial charge in [0.25, 0.3) is 0 Å². The molecule has 0 aliphatic carbocycles. The zero-order valence-electron chi connectivity index (χ0n) is 13.6. The van der Waals surface area contributed by atoms with Crippen LogP contribution in [0.2, 0.25) is 5.02 Å². The van der Waals surface area contributed by atoms with Crippen molar-refractivity contribution in [2.24, 2.45) is 0 Å². The molecule has 0 bridgehead atoms. The molecule has 132 valence electrons. The van der Waals surface area contributed by atoms with Crippen LogP contribution in [0.3, 0.4) is 0 Å². The smallest absolute Gasteiger partial charge is 0.243 e. The highest BCUT2D eigenvalue weighted by molar-refractivity contribution is 7.89. The lowest BCUT2D eigenvalue weighted by molar-refractivity contribution is -0.126.